The number of nitrogens with zero attached hydrogens (tertiary/aromatic N) is 1. The smallest absolute Gasteiger partial charge is 0.273 e. The maximum Gasteiger partial charge on any atom is 0.273 e. The predicted octanol–water partition coefficient (Wildman–Crippen LogP) is 3.81. The molecule has 0 aromatic heterocycles. The number of hydrazone groups is 1. The van der Waals surface area contributed by atoms with Crippen LogP contribution in [-0.4, -0.2) is 23.8 Å². The van der Waals surface area contributed by atoms with Crippen LogP contribution in [0.25, 0.3) is 10.8 Å². The number of ether oxygens (including phenoxy) is 1. The molecule has 3 rings (SSSR count). The molecule has 1 amide bonds. The van der Waals surface area contributed by atoms with E-state index in [-0.39, 0.29) is 0 Å². The molecule has 0 unspecified atom stereocenters. The first-order valence-corrected chi connectivity index (χ1v) is 8.91. The van der Waals surface area contributed by atoms with E-state index in [2.05, 4.69) is 10.5 Å². The second-order valence-electron chi connectivity index (χ2n) is 6.09. The Balaban J connectivity index is 1.81. The van der Waals surface area contributed by atoms with Crippen molar-refractivity contribution in [2.75, 3.05) is 6.61 Å². The Morgan fingerprint density at radius 2 is 1.85 bits per heavy atom. The van der Waals surface area contributed by atoms with Crippen LogP contribution in [0.5, 0.6) is 5.75 Å². The summed E-state index contributed by atoms with van der Waals surface area (Å²) in [5.74, 6) is 0.117. The van der Waals surface area contributed by atoms with Crippen molar-refractivity contribution >= 4 is 22.9 Å². The number of hydrogen-bond donors (Lipinski definition) is 2. The van der Waals surface area contributed by atoms with Crippen molar-refractivity contribution in [2.45, 2.75) is 19.4 Å². The fourth-order valence-electron chi connectivity index (χ4n) is 2.75. The number of amides is 1. The van der Waals surface area contributed by atoms with Crippen LogP contribution in [0.4, 0.5) is 0 Å². The van der Waals surface area contributed by atoms with Gasteiger partial charge in [0.25, 0.3) is 5.91 Å². The van der Waals surface area contributed by atoms with Crippen LogP contribution in [0, 0.1) is 0 Å². The molecule has 0 radical (unpaired) electrons. The third kappa shape index (κ3) is 4.51. The van der Waals surface area contributed by atoms with Crippen LogP contribution >= 0.6 is 0 Å². The summed E-state index contributed by atoms with van der Waals surface area (Å²) < 4.78 is 5.82. The zero-order valence-corrected chi connectivity index (χ0v) is 15.1. The first kappa shape index (κ1) is 18.6. The van der Waals surface area contributed by atoms with Gasteiger partial charge in [0.15, 0.2) is 6.10 Å². The summed E-state index contributed by atoms with van der Waals surface area (Å²) in [4.78, 5) is 12.1. The molecule has 0 fully saturated rings. The number of nitrogens with one attached hydrogen (secondary N) is 1. The fraction of sp³-hybridized carbons (Fsp3) is 0.182. The molecule has 5 nitrogen and oxygen atoms in total. The van der Waals surface area contributed by atoms with E-state index in [0.717, 1.165) is 22.8 Å². The van der Waals surface area contributed by atoms with Crippen LogP contribution in [0.2, 0.25) is 0 Å². The molecule has 138 valence electrons. The Morgan fingerprint density at radius 1 is 1.11 bits per heavy atom. The fourth-order valence-corrected chi connectivity index (χ4v) is 2.75. The van der Waals surface area contributed by atoms with E-state index >= 15 is 0 Å². The molecule has 5 heteroatoms. The van der Waals surface area contributed by atoms with E-state index in [4.69, 9.17) is 4.74 Å². The van der Waals surface area contributed by atoms with Gasteiger partial charge < -0.3 is 9.84 Å². The number of rotatable bonds is 7. The van der Waals surface area contributed by atoms with E-state index < -0.39 is 12.0 Å². The van der Waals surface area contributed by atoms with Crippen molar-refractivity contribution in [3.05, 3.63) is 77.9 Å². The third-order valence-electron chi connectivity index (χ3n) is 4.12. The standard InChI is InChI=1S/C22H22N2O3/c1-2-14-27-20-13-12-16-8-6-7-11-18(16)19(20)15-23-24-22(26)21(25)17-9-4-3-5-10-17/h3-13,15,21,25H,2,14H2,1H3,(H,24,26)/b23-15-/t21-/m1/s1. The van der Waals surface area contributed by atoms with Gasteiger partial charge in [0.05, 0.1) is 12.8 Å². The Morgan fingerprint density at radius 3 is 2.63 bits per heavy atom. The number of fused-ring (bicyclic) bond motifs is 1. The van der Waals surface area contributed by atoms with Gasteiger partial charge in [-0.25, -0.2) is 5.43 Å². The molecule has 0 bridgehead atoms. The van der Waals surface area contributed by atoms with Crippen LogP contribution < -0.4 is 10.2 Å². The van der Waals surface area contributed by atoms with Crippen molar-refractivity contribution in [1.29, 1.82) is 0 Å². The quantitative estimate of drug-likeness (QED) is 0.496. The lowest BCUT2D eigenvalue weighted by Crippen LogP contribution is -2.25. The number of aliphatic hydroxyl groups is 1. The van der Waals surface area contributed by atoms with Gasteiger partial charge >= 0.3 is 0 Å². The van der Waals surface area contributed by atoms with E-state index in [1.807, 2.05) is 49.4 Å². The van der Waals surface area contributed by atoms with Crippen LogP contribution in [-0.2, 0) is 4.79 Å². The monoisotopic (exact) mass is 362 g/mol. The van der Waals surface area contributed by atoms with Gasteiger partial charge in [-0.05, 0) is 28.8 Å². The summed E-state index contributed by atoms with van der Waals surface area (Å²) in [6.45, 7) is 2.64. The normalized spacial score (nSPS) is 12.2. The first-order valence-electron chi connectivity index (χ1n) is 8.91. The molecule has 2 N–H and O–H groups in total. The van der Waals surface area contributed by atoms with Crippen LogP contribution in [0.15, 0.2) is 71.8 Å². The summed E-state index contributed by atoms with van der Waals surface area (Å²) >= 11 is 0. The average Bonchev–Trinajstić information content (AvgIpc) is 2.72. The van der Waals surface area contributed by atoms with Crippen LogP contribution in [0.3, 0.4) is 0 Å². The minimum absolute atomic E-state index is 0.516. The highest BCUT2D eigenvalue weighted by molar-refractivity contribution is 6.02. The number of carbonyl (C=O) groups excluding carboxylic acids is 1. The predicted molar refractivity (Wildman–Crippen MR) is 107 cm³/mol. The Kier molecular flexibility index (Phi) is 6.18. The number of carbonyl (C=O) groups is 1. The molecule has 0 aliphatic carbocycles. The average molecular weight is 362 g/mol. The van der Waals surface area contributed by atoms with Gasteiger partial charge in [0, 0.05) is 5.56 Å². The molecule has 0 aliphatic heterocycles. The van der Waals surface area contributed by atoms with Crippen molar-refractivity contribution in [3.8, 4) is 5.75 Å². The molecule has 0 saturated heterocycles. The highest BCUT2D eigenvalue weighted by Gasteiger charge is 2.16. The molecule has 0 saturated carbocycles. The van der Waals surface area contributed by atoms with E-state index in [1.165, 1.54) is 0 Å². The van der Waals surface area contributed by atoms with Gasteiger partial charge in [-0.15, -0.1) is 0 Å². The molecule has 27 heavy (non-hydrogen) atoms. The molecule has 0 spiro atoms. The lowest BCUT2D eigenvalue weighted by atomic mass is 10.0. The summed E-state index contributed by atoms with van der Waals surface area (Å²) in [6, 6.07) is 20.5. The minimum Gasteiger partial charge on any atom is -0.493 e. The second kappa shape index (κ2) is 8.96. The van der Waals surface area contributed by atoms with Gasteiger partial charge in [-0.3, -0.25) is 4.79 Å². The van der Waals surface area contributed by atoms with E-state index in [1.54, 1.807) is 30.5 Å². The largest absolute Gasteiger partial charge is 0.493 e. The Hall–Kier alpha value is -3.18. The molecule has 1 atom stereocenters. The Bertz CT molecular complexity index is 939. The summed E-state index contributed by atoms with van der Waals surface area (Å²) in [5, 5.41) is 16.2. The van der Waals surface area contributed by atoms with E-state index in [9.17, 15) is 9.90 Å². The van der Waals surface area contributed by atoms with Gasteiger partial charge in [-0.2, -0.15) is 5.10 Å². The summed E-state index contributed by atoms with van der Waals surface area (Å²) in [5.41, 5.74) is 3.71. The Labute approximate surface area is 158 Å². The zero-order chi connectivity index (χ0) is 19.1. The van der Waals surface area contributed by atoms with Crippen molar-refractivity contribution in [1.82, 2.24) is 5.43 Å². The lowest BCUT2D eigenvalue weighted by molar-refractivity contribution is -0.129. The number of benzene rings is 3. The lowest BCUT2D eigenvalue weighted by Gasteiger charge is -2.11. The highest BCUT2D eigenvalue weighted by Crippen LogP contribution is 2.26. The summed E-state index contributed by atoms with van der Waals surface area (Å²) in [7, 11) is 0. The first-order chi connectivity index (χ1) is 13.2. The third-order valence-corrected chi connectivity index (χ3v) is 4.12. The summed E-state index contributed by atoms with van der Waals surface area (Å²) in [6.07, 6.45) is 1.18. The highest BCUT2D eigenvalue weighted by atomic mass is 16.5. The zero-order valence-electron chi connectivity index (χ0n) is 15.1. The molecule has 3 aromatic rings. The topological polar surface area (TPSA) is 70.9 Å². The van der Waals surface area contributed by atoms with Crippen molar-refractivity contribution in [3.63, 3.8) is 0 Å². The molecular formula is C22H22N2O3. The second-order valence-corrected chi connectivity index (χ2v) is 6.09. The number of hydrogen-bond acceptors (Lipinski definition) is 4. The maximum absolute atomic E-state index is 12.1. The molecule has 0 aliphatic rings. The SMILES string of the molecule is CCCOc1ccc2ccccc2c1/C=N\NC(=O)[C@H](O)c1ccccc1. The van der Waals surface area contributed by atoms with Gasteiger partial charge in [0.2, 0.25) is 0 Å². The molecular weight excluding hydrogens is 340 g/mol. The molecule has 0 heterocycles. The number of aliphatic hydroxyl groups excluding tert-OH is 1. The van der Waals surface area contributed by atoms with Gasteiger partial charge in [0.1, 0.15) is 5.75 Å². The minimum atomic E-state index is -1.27. The molecule has 3 aromatic carbocycles. The van der Waals surface area contributed by atoms with Gasteiger partial charge in [-0.1, -0.05) is 67.6 Å². The van der Waals surface area contributed by atoms with E-state index in [0.29, 0.717) is 17.9 Å². The van der Waals surface area contributed by atoms with Crippen molar-refractivity contribution < 1.29 is 14.6 Å². The maximum atomic E-state index is 12.1. The van der Waals surface area contributed by atoms with Crippen molar-refractivity contribution in [2.24, 2.45) is 5.10 Å². The van der Waals surface area contributed by atoms with Crippen LogP contribution in [0.1, 0.15) is 30.6 Å².